The van der Waals surface area contributed by atoms with Crippen molar-refractivity contribution < 1.29 is 19.0 Å². The van der Waals surface area contributed by atoms with Gasteiger partial charge in [0.15, 0.2) is 5.78 Å². The van der Waals surface area contributed by atoms with E-state index in [2.05, 4.69) is 45.1 Å². The lowest BCUT2D eigenvalue weighted by Crippen LogP contribution is -2.35. The monoisotopic (exact) mass is 581 g/mol. The Kier molecular flexibility index (Phi) is 10.2. The van der Waals surface area contributed by atoms with E-state index in [-0.39, 0.29) is 22.8 Å². The van der Waals surface area contributed by atoms with Crippen LogP contribution in [0.4, 0.5) is 0 Å². The van der Waals surface area contributed by atoms with Crippen LogP contribution in [0.2, 0.25) is 0 Å². The smallest absolute Gasteiger partial charge is 0.170 e. The van der Waals surface area contributed by atoms with Gasteiger partial charge in [0.05, 0.1) is 23.2 Å². The van der Waals surface area contributed by atoms with Gasteiger partial charge in [-0.15, -0.1) is 17.0 Å². The van der Waals surface area contributed by atoms with Crippen LogP contribution in [0.3, 0.4) is 0 Å². The molecule has 2 aliphatic heterocycles. The molecular weight excluding hydrogens is 550 g/mol. The van der Waals surface area contributed by atoms with Crippen molar-refractivity contribution in [1.82, 2.24) is 4.90 Å². The molecule has 2 heterocycles. The fourth-order valence-corrected chi connectivity index (χ4v) is 4.88. The Balaban J connectivity index is 0.00000306. The molecule has 7 heteroatoms. The summed E-state index contributed by atoms with van der Waals surface area (Å²) >= 11 is 3.58. The quantitative estimate of drug-likeness (QED) is 0.365. The highest BCUT2D eigenvalue weighted by Crippen LogP contribution is 2.30. The van der Waals surface area contributed by atoms with E-state index in [4.69, 9.17) is 14.2 Å². The number of fused-ring (bicyclic) bond motifs is 1. The number of rotatable bonds is 9. The molecule has 0 saturated carbocycles. The second-order valence-corrected chi connectivity index (χ2v) is 9.55. The maximum absolute atomic E-state index is 12.1. The number of ether oxygens (including phenoxy) is 3. The zero-order valence-electron chi connectivity index (χ0n) is 19.2. The highest BCUT2D eigenvalue weighted by molar-refractivity contribution is 9.10. The predicted molar refractivity (Wildman–Crippen MR) is 139 cm³/mol. The lowest BCUT2D eigenvalue weighted by Gasteiger charge is -2.32. The third-order valence-electron chi connectivity index (χ3n) is 6.42. The highest BCUT2D eigenvalue weighted by Gasteiger charge is 2.21. The summed E-state index contributed by atoms with van der Waals surface area (Å²) < 4.78 is 17.5. The Morgan fingerprint density at radius 3 is 2.67 bits per heavy atom. The Labute approximate surface area is 215 Å². The molecule has 2 aromatic rings. The van der Waals surface area contributed by atoms with Gasteiger partial charge in [-0.2, -0.15) is 0 Å². The zero-order chi connectivity index (χ0) is 22.3. The van der Waals surface area contributed by atoms with Gasteiger partial charge < -0.3 is 19.1 Å². The van der Waals surface area contributed by atoms with Gasteiger partial charge in [-0.05, 0) is 96.0 Å². The van der Waals surface area contributed by atoms with Crippen LogP contribution < -0.4 is 9.47 Å². The molecule has 0 bridgehead atoms. The van der Waals surface area contributed by atoms with E-state index in [0.717, 1.165) is 54.0 Å². The molecule has 5 nitrogen and oxygen atoms in total. The normalized spacial score (nSPS) is 16.6. The van der Waals surface area contributed by atoms with Crippen LogP contribution in [0.25, 0.3) is 0 Å². The van der Waals surface area contributed by atoms with Crippen LogP contribution in [0.15, 0.2) is 40.9 Å². The number of hydrogen-bond acceptors (Lipinski definition) is 5. The molecule has 0 radical (unpaired) electrons. The Morgan fingerprint density at radius 2 is 1.88 bits per heavy atom. The number of nitrogens with zero attached hydrogens (tertiary/aromatic N) is 1. The Morgan fingerprint density at radius 1 is 1.09 bits per heavy atom. The molecular formula is C26H33Br2NO4. The van der Waals surface area contributed by atoms with E-state index in [9.17, 15) is 4.79 Å². The number of carbonyl (C=O) groups is 1. The predicted octanol–water partition coefficient (Wildman–Crippen LogP) is 5.51. The molecule has 1 saturated heterocycles. The van der Waals surface area contributed by atoms with Gasteiger partial charge >= 0.3 is 0 Å². The van der Waals surface area contributed by atoms with Crippen molar-refractivity contribution in [2.45, 2.75) is 32.1 Å². The van der Waals surface area contributed by atoms with Crippen molar-refractivity contribution >= 4 is 38.7 Å². The number of benzene rings is 2. The first-order valence-corrected chi connectivity index (χ1v) is 12.3. The van der Waals surface area contributed by atoms with Gasteiger partial charge in [0.2, 0.25) is 0 Å². The molecule has 180 valence electrons. The molecule has 0 atom stereocenters. The second-order valence-electron chi connectivity index (χ2n) is 8.70. The Hall–Kier alpha value is -1.41. The lowest BCUT2D eigenvalue weighted by atomic mass is 9.90. The SMILES string of the molecule is Br.COCCOc1cc(CC2CCN(CCc3ccc4c(c3)C(=O)CCO4)CC2)ccc1Br. The second kappa shape index (κ2) is 12.9. The van der Waals surface area contributed by atoms with Gasteiger partial charge in [0.25, 0.3) is 0 Å². The number of Topliss-reactive ketones (excluding diaryl/α,β-unsaturated/α-hetero) is 1. The van der Waals surface area contributed by atoms with Crippen molar-refractivity contribution in [3.63, 3.8) is 0 Å². The first-order chi connectivity index (χ1) is 15.6. The van der Waals surface area contributed by atoms with Gasteiger partial charge in [0, 0.05) is 20.1 Å². The number of methoxy groups -OCH3 is 1. The molecule has 0 N–H and O–H groups in total. The van der Waals surface area contributed by atoms with Crippen molar-refractivity contribution in [3.8, 4) is 11.5 Å². The van der Waals surface area contributed by atoms with Crippen LogP contribution in [0.5, 0.6) is 11.5 Å². The van der Waals surface area contributed by atoms with Crippen LogP contribution in [-0.4, -0.2) is 57.2 Å². The van der Waals surface area contributed by atoms with E-state index in [1.807, 2.05) is 12.1 Å². The number of piperidine rings is 1. The van der Waals surface area contributed by atoms with Crippen molar-refractivity contribution in [3.05, 3.63) is 57.6 Å². The fraction of sp³-hybridized carbons (Fsp3) is 0.500. The van der Waals surface area contributed by atoms with Gasteiger partial charge in [-0.25, -0.2) is 0 Å². The number of ketones is 1. The molecule has 0 aliphatic carbocycles. The third kappa shape index (κ3) is 7.28. The highest BCUT2D eigenvalue weighted by atomic mass is 79.9. The minimum atomic E-state index is 0. The number of carbonyl (C=O) groups excluding carboxylic acids is 1. The average molecular weight is 583 g/mol. The number of halogens is 2. The van der Waals surface area contributed by atoms with Crippen molar-refractivity contribution in [1.29, 1.82) is 0 Å². The van der Waals surface area contributed by atoms with Crippen LogP contribution in [0, 0.1) is 5.92 Å². The molecule has 1 fully saturated rings. The summed E-state index contributed by atoms with van der Waals surface area (Å²) in [5.74, 6) is 2.55. The van der Waals surface area contributed by atoms with E-state index in [0.29, 0.717) is 32.2 Å². The standard InChI is InChI=1S/C26H32BrNO4.BrH/c1-30-14-15-32-26-18-21(2-4-23(26)27)16-20-7-11-28(12-8-20)10-6-19-3-5-25-22(17-19)24(29)9-13-31-25;/h2-5,17-18,20H,6-16H2,1H3;1H. The van der Waals surface area contributed by atoms with Crippen LogP contribution in [0.1, 0.15) is 40.7 Å². The number of likely N-dealkylation sites (tertiary alicyclic amines) is 1. The molecule has 0 amide bonds. The minimum Gasteiger partial charge on any atom is -0.492 e. The largest absolute Gasteiger partial charge is 0.492 e. The summed E-state index contributed by atoms with van der Waals surface area (Å²) in [4.78, 5) is 14.7. The lowest BCUT2D eigenvalue weighted by molar-refractivity contribution is 0.0933. The average Bonchev–Trinajstić information content (AvgIpc) is 2.81. The summed E-state index contributed by atoms with van der Waals surface area (Å²) in [7, 11) is 1.68. The third-order valence-corrected chi connectivity index (χ3v) is 7.08. The van der Waals surface area contributed by atoms with Gasteiger partial charge in [-0.1, -0.05) is 12.1 Å². The van der Waals surface area contributed by atoms with E-state index in [1.54, 1.807) is 7.11 Å². The molecule has 2 aliphatic rings. The van der Waals surface area contributed by atoms with E-state index in [1.165, 1.54) is 24.0 Å². The molecule has 0 spiro atoms. The minimum absolute atomic E-state index is 0. The molecule has 33 heavy (non-hydrogen) atoms. The Bertz CT molecular complexity index is 929. The summed E-state index contributed by atoms with van der Waals surface area (Å²) in [5.41, 5.74) is 3.31. The summed E-state index contributed by atoms with van der Waals surface area (Å²) in [5, 5.41) is 0. The summed E-state index contributed by atoms with van der Waals surface area (Å²) in [6.07, 6.45) is 4.98. The zero-order valence-corrected chi connectivity index (χ0v) is 22.5. The molecule has 2 aromatic carbocycles. The maximum atomic E-state index is 12.1. The molecule has 0 unspecified atom stereocenters. The van der Waals surface area contributed by atoms with Crippen LogP contribution >= 0.6 is 32.9 Å². The number of hydrogen-bond donors (Lipinski definition) is 0. The summed E-state index contributed by atoms with van der Waals surface area (Å²) in [6.45, 7) is 4.95. The topological polar surface area (TPSA) is 48.0 Å². The van der Waals surface area contributed by atoms with E-state index < -0.39 is 0 Å². The first kappa shape index (κ1) is 26.2. The summed E-state index contributed by atoms with van der Waals surface area (Å²) in [6, 6.07) is 12.5. The van der Waals surface area contributed by atoms with E-state index >= 15 is 0 Å². The van der Waals surface area contributed by atoms with Gasteiger partial charge in [-0.3, -0.25) is 4.79 Å². The van der Waals surface area contributed by atoms with Gasteiger partial charge in [0.1, 0.15) is 18.1 Å². The molecule has 4 rings (SSSR count). The van der Waals surface area contributed by atoms with Crippen molar-refractivity contribution in [2.24, 2.45) is 5.92 Å². The van der Waals surface area contributed by atoms with Crippen molar-refractivity contribution in [2.75, 3.05) is 46.6 Å². The fourth-order valence-electron chi connectivity index (χ4n) is 4.52. The maximum Gasteiger partial charge on any atom is 0.170 e. The molecule has 0 aromatic heterocycles. The first-order valence-electron chi connectivity index (χ1n) is 11.5. The van der Waals surface area contributed by atoms with Crippen LogP contribution in [-0.2, 0) is 17.6 Å².